The van der Waals surface area contributed by atoms with Crippen LogP contribution in [0.25, 0.3) is 0 Å². The first-order valence-electron chi connectivity index (χ1n) is 6.03. The lowest BCUT2D eigenvalue weighted by Crippen LogP contribution is -2.41. The molecule has 0 spiro atoms. The predicted molar refractivity (Wildman–Crippen MR) is 70.0 cm³/mol. The predicted octanol–water partition coefficient (Wildman–Crippen LogP) is 1.65. The number of aliphatic hydroxyl groups is 1. The van der Waals surface area contributed by atoms with Crippen LogP contribution in [0.3, 0.4) is 0 Å². The third-order valence-corrected chi connectivity index (χ3v) is 4.42. The number of aliphatic hydroxyl groups excluding tert-OH is 1. The van der Waals surface area contributed by atoms with Crippen LogP contribution in [0.4, 0.5) is 0 Å². The zero-order valence-corrected chi connectivity index (χ0v) is 11.6. The minimum atomic E-state index is 0.0471. The fourth-order valence-electron chi connectivity index (χ4n) is 2.11. The van der Waals surface area contributed by atoms with Crippen LogP contribution in [0.1, 0.15) is 33.6 Å². The molecular formula is C12H25NO2S. The number of hydrogen-bond acceptors (Lipinski definition) is 4. The highest BCUT2D eigenvalue weighted by Crippen LogP contribution is 2.28. The monoisotopic (exact) mass is 247 g/mol. The molecule has 1 aliphatic rings. The Balaban J connectivity index is 2.24. The Bertz CT molecular complexity index is 205. The van der Waals surface area contributed by atoms with Crippen molar-refractivity contribution in [1.29, 1.82) is 0 Å². The van der Waals surface area contributed by atoms with Gasteiger partial charge in [-0.2, -0.15) is 11.8 Å². The molecule has 1 saturated heterocycles. The fourth-order valence-corrected chi connectivity index (χ4v) is 2.76. The molecule has 96 valence electrons. The molecule has 0 radical (unpaired) electrons. The third kappa shape index (κ3) is 4.24. The molecule has 1 rings (SSSR count). The van der Waals surface area contributed by atoms with E-state index >= 15 is 0 Å². The highest BCUT2D eigenvalue weighted by molar-refractivity contribution is 7.99. The number of ether oxygens (including phenoxy) is 1. The van der Waals surface area contributed by atoms with Crippen molar-refractivity contribution in [3.8, 4) is 0 Å². The van der Waals surface area contributed by atoms with Gasteiger partial charge >= 0.3 is 0 Å². The molecule has 0 bridgehead atoms. The molecule has 2 N–H and O–H groups in total. The molecule has 0 aliphatic carbocycles. The molecular weight excluding hydrogens is 222 g/mol. The van der Waals surface area contributed by atoms with Crippen LogP contribution in [0.5, 0.6) is 0 Å². The smallest absolute Gasteiger partial charge is 0.0707 e. The van der Waals surface area contributed by atoms with Gasteiger partial charge in [-0.15, -0.1) is 0 Å². The highest BCUT2D eigenvalue weighted by Gasteiger charge is 2.31. The van der Waals surface area contributed by atoms with E-state index in [2.05, 4.69) is 26.1 Å². The summed E-state index contributed by atoms with van der Waals surface area (Å²) in [5.41, 5.74) is 0.0471. The molecule has 3 nitrogen and oxygen atoms in total. The number of hydrogen-bond donors (Lipinski definition) is 2. The van der Waals surface area contributed by atoms with Gasteiger partial charge in [0.2, 0.25) is 0 Å². The maximum absolute atomic E-state index is 9.18. The van der Waals surface area contributed by atoms with Gasteiger partial charge in [-0.1, -0.05) is 0 Å². The van der Waals surface area contributed by atoms with Gasteiger partial charge in [0, 0.05) is 17.8 Å². The maximum Gasteiger partial charge on any atom is 0.0707 e. The maximum atomic E-state index is 9.18. The van der Waals surface area contributed by atoms with Gasteiger partial charge < -0.3 is 15.2 Å². The molecule has 1 fully saturated rings. The topological polar surface area (TPSA) is 41.5 Å². The molecule has 0 saturated carbocycles. The van der Waals surface area contributed by atoms with Crippen LogP contribution >= 0.6 is 11.8 Å². The van der Waals surface area contributed by atoms with Crippen LogP contribution in [-0.2, 0) is 4.74 Å². The van der Waals surface area contributed by atoms with Gasteiger partial charge in [-0.3, -0.25) is 0 Å². The first-order valence-corrected chi connectivity index (χ1v) is 7.32. The Kier molecular flexibility index (Phi) is 5.57. The van der Waals surface area contributed by atoms with Gasteiger partial charge in [0.05, 0.1) is 18.3 Å². The van der Waals surface area contributed by atoms with E-state index in [4.69, 9.17) is 4.74 Å². The quantitative estimate of drug-likeness (QED) is 0.749. The Labute approximate surface area is 103 Å². The van der Waals surface area contributed by atoms with Crippen molar-refractivity contribution in [2.45, 2.75) is 56.6 Å². The van der Waals surface area contributed by atoms with Crippen molar-refractivity contribution in [3.05, 3.63) is 0 Å². The van der Waals surface area contributed by atoms with Gasteiger partial charge in [0.15, 0.2) is 0 Å². The van der Waals surface area contributed by atoms with Crippen LogP contribution < -0.4 is 5.32 Å². The second-order valence-corrected chi connectivity index (χ2v) is 6.27. The first kappa shape index (κ1) is 14.3. The Morgan fingerprint density at radius 1 is 1.56 bits per heavy atom. The summed E-state index contributed by atoms with van der Waals surface area (Å²) in [5.74, 6) is 0. The zero-order valence-electron chi connectivity index (χ0n) is 10.8. The van der Waals surface area contributed by atoms with Crippen LogP contribution in [-0.4, -0.2) is 47.5 Å². The van der Waals surface area contributed by atoms with E-state index in [1.54, 1.807) is 11.8 Å². The van der Waals surface area contributed by atoms with Crippen molar-refractivity contribution >= 4 is 11.8 Å². The average molecular weight is 247 g/mol. The highest BCUT2D eigenvalue weighted by atomic mass is 32.2. The number of nitrogens with one attached hydrogen (secondary N) is 1. The molecule has 0 aromatic heterocycles. The van der Waals surface area contributed by atoms with Crippen LogP contribution in [0, 0.1) is 0 Å². The lowest BCUT2D eigenvalue weighted by atomic mass is 10.1. The minimum Gasteiger partial charge on any atom is -0.395 e. The summed E-state index contributed by atoms with van der Waals surface area (Å²) in [4.78, 5) is 0. The molecule has 0 aromatic rings. The fraction of sp³-hybridized carbons (Fsp3) is 1.00. The first-order chi connectivity index (χ1) is 7.48. The summed E-state index contributed by atoms with van der Waals surface area (Å²) >= 11 is 1.71. The van der Waals surface area contributed by atoms with Crippen LogP contribution in [0.15, 0.2) is 0 Å². The number of rotatable bonds is 6. The lowest BCUT2D eigenvalue weighted by molar-refractivity contribution is -0.0151. The molecule has 1 aliphatic heterocycles. The van der Waals surface area contributed by atoms with E-state index < -0.39 is 0 Å². The van der Waals surface area contributed by atoms with E-state index in [-0.39, 0.29) is 17.5 Å². The van der Waals surface area contributed by atoms with Gasteiger partial charge in [0.1, 0.15) is 0 Å². The van der Waals surface area contributed by atoms with E-state index in [0.717, 1.165) is 19.4 Å². The second kappa shape index (κ2) is 6.24. The van der Waals surface area contributed by atoms with E-state index in [1.807, 2.05) is 6.26 Å². The molecule has 3 atom stereocenters. The van der Waals surface area contributed by atoms with Crippen molar-refractivity contribution in [2.75, 3.05) is 19.4 Å². The standard InChI is InChI=1S/C12H25NO2S/c1-9(11(8-14)16-4)13-7-10-5-6-12(2,3)15-10/h9-11,13-14H,5-8H2,1-4H3. The number of thioether (sulfide) groups is 1. The summed E-state index contributed by atoms with van der Waals surface area (Å²) in [6.07, 6.45) is 4.64. The van der Waals surface area contributed by atoms with Crippen LogP contribution in [0.2, 0.25) is 0 Å². The van der Waals surface area contributed by atoms with Gasteiger partial charge in [-0.05, 0) is 39.9 Å². The summed E-state index contributed by atoms with van der Waals surface area (Å²) in [5, 5.41) is 12.9. The lowest BCUT2D eigenvalue weighted by Gasteiger charge is -2.24. The van der Waals surface area contributed by atoms with E-state index in [1.165, 1.54) is 0 Å². The molecule has 0 amide bonds. The summed E-state index contributed by atoms with van der Waals surface area (Å²) < 4.78 is 5.91. The van der Waals surface area contributed by atoms with E-state index in [0.29, 0.717) is 12.1 Å². The third-order valence-electron chi connectivity index (χ3n) is 3.26. The minimum absolute atomic E-state index is 0.0471. The van der Waals surface area contributed by atoms with Crippen molar-refractivity contribution in [3.63, 3.8) is 0 Å². The summed E-state index contributed by atoms with van der Waals surface area (Å²) in [6, 6.07) is 0.326. The molecule has 4 heteroatoms. The SMILES string of the molecule is CSC(CO)C(C)NCC1CCC(C)(C)O1. The molecule has 16 heavy (non-hydrogen) atoms. The van der Waals surface area contributed by atoms with Crippen molar-refractivity contribution in [2.24, 2.45) is 0 Å². The van der Waals surface area contributed by atoms with Crippen molar-refractivity contribution < 1.29 is 9.84 Å². The average Bonchev–Trinajstić information content (AvgIpc) is 2.57. The largest absolute Gasteiger partial charge is 0.395 e. The normalized spacial score (nSPS) is 27.9. The molecule has 1 heterocycles. The van der Waals surface area contributed by atoms with Crippen molar-refractivity contribution in [1.82, 2.24) is 5.32 Å². The Hall–Kier alpha value is 0.230. The van der Waals surface area contributed by atoms with Gasteiger partial charge in [-0.25, -0.2) is 0 Å². The van der Waals surface area contributed by atoms with E-state index in [9.17, 15) is 5.11 Å². The Morgan fingerprint density at radius 2 is 2.25 bits per heavy atom. The van der Waals surface area contributed by atoms with Gasteiger partial charge in [0.25, 0.3) is 0 Å². The molecule has 3 unspecified atom stereocenters. The summed E-state index contributed by atoms with van der Waals surface area (Å²) in [7, 11) is 0. The molecule has 0 aromatic carbocycles. The Morgan fingerprint density at radius 3 is 2.69 bits per heavy atom. The summed E-state index contributed by atoms with van der Waals surface area (Å²) in [6.45, 7) is 7.54. The zero-order chi connectivity index (χ0) is 12.2. The second-order valence-electron chi connectivity index (χ2n) is 5.19.